The zero-order chi connectivity index (χ0) is 23.5. The number of morpholine rings is 1. The summed E-state index contributed by atoms with van der Waals surface area (Å²) < 4.78 is 32.1. The van der Waals surface area contributed by atoms with Crippen LogP contribution in [0, 0.1) is 5.82 Å². The summed E-state index contributed by atoms with van der Waals surface area (Å²) in [6.45, 7) is 4.65. The largest absolute Gasteiger partial charge is 0.493 e. The number of halogens is 1. The molecule has 2 aromatic heterocycles. The van der Waals surface area contributed by atoms with Gasteiger partial charge in [0.25, 0.3) is 5.56 Å². The Bertz CT molecular complexity index is 1350. The minimum atomic E-state index is -0.298. The van der Waals surface area contributed by atoms with Gasteiger partial charge in [-0.05, 0) is 35.9 Å². The Morgan fingerprint density at radius 1 is 1.09 bits per heavy atom. The maximum atomic E-state index is 13.3. The van der Waals surface area contributed by atoms with Crippen LogP contribution in [0.3, 0.4) is 0 Å². The molecule has 1 aliphatic heterocycles. The molecule has 1 fully saturated rings. The van der Waals surface area contributed by atoms with Crippen LogP contribution in [0.15, 0.2) is 59.7 Å². The van der Waals surface area contributed by atoms with Crippen molar-refractivity contribution in [1.29, 1.82) is 0 Å². The number of nitrogens with zero attached hydrogens (tertiary/aromatic N) is 3. The molecule has 176 valence electrons. The minimum Gasteiger partial charge on any atom is -0.493 e. The Kier molecular flexibility index (Phi) is 6.57. The molecule has 3 heterocycles. The van der Waals surface area contributed by atoms with Gasteiger partial charge in [0.15, 0.2) is 11.5 Å². The third kappa shape index (κ3) is 4.68. The second-order valence-corrected chi connectivity index (χ2v) is 8.94. The molecule has 4 aromatic rings. The van der Waals surface area contributed by atoms with Crippen LogP contribution >= 0.6 is 11.3 Å². The third-order valence-corrected chi connectivity index (χ3v) is 6.92. The van der Waals surface area contributed by atoms with Gasteiger partial charge in [0.05, 0.1) is 31.5 Å². The van der Waals surface area contributed by atoms with Crippen LogP contribution in [0.5, 0.6) is 11.5 Å². The molecular weight excluding hydrogens is 457 g/mol. The number of aromatic nitrogens is 2. The second-order valence-electron chi connectivity index (χ2n) is 7.89. The summed E-state index contributed by atoms with van der Waals surface area (Å²) in [6, 6.07) is 13.4. The number of fused-ring (bicyclic) bond motifs is 1. The Labute approximate surface area is 199 Å². The Morgan fingerprint density at radius 3 is 2.65 bits per heavy atom. The molecule has 7 nitrogen and oxygen atoms in total. The fourth-order valence-electron chi connectivity index (χ4n) is 3.89. The number of hydrogen-bond acceptors (Lipinski definition) is 7. The molecule has 0 spiro atoms. The highest BCUT2D eigenvalue weighted by Gasteiger charge is 2.15. The number of methoxy groups -OCH3 is 1. The van der Waals surface area contributed by atoms with Gasteiger partial charge in [-0.15, -0.1) is 11.3 Å². The summed E-state index contributed by atoms with van der Waals surface area (Å²) >= 11 is 1.34. The lowest BCUT2D eigenvalue weighted by Gasteiger charge is -2.26. The highest BCUT2D eigenvalue weighted by molar-refractivity contribution is 7.22. The van der Waals surface area contributed by atoms with Crippen LogP contribution in [0.25, 0.3) is 26.3 Å². The van der Waals surface area contributed by atoms with E-state index in [9.17, 15) is 9.18 Å². The zero-order valence-corrected chi connectivity index (χ0v) is 19.5. The molecule has 0 aliphatic carbocycles. The number of benzene rings is 2. The van der Waals surface area contributed by atoms with Gasteiger partial charge in [-0.1, -0.05) is 12.1 Å². The van der Waals surface area contributed by atoms with Crippen molar-refractivity contribution in [3.63, 3.8) is 0 Å². The fourth-order valence-corrected chi connectivity index (χ4v) is 4.93. The van der Waals surface area contributed by atoms with E-state index in [2.05, 4.69) is 9.88 Å². The quantitative estimate of drug-likeness (QED) is 0.398. The van der Waals surface area contributed by atoms with Gasteiger partial charge in [-0.25, -0.2) is 9.37 Å². The van der Waals surface area contributed by atoms with Gasteiger partial charge >= 0.3 is 0 Å². The summed E-state index contributed by atoms with van der Waals surface area (Å²) in [5.41, 5.74) is 1.91. The Morgan fingerprint density at radius 2 is 1.88 bits per heavy atom. The van der Waals surface area contributed by atoms with E-state index in [0.717, 1.165) is 43.3 Å². The lowest BCUT2D eigenvalue weighted by atomic mass is 10.2. The Balaban J connectivity index is 1.38. The first kappa shape index (κ1) is 22.5. The van der Waals surface area contributed by atoms with E-state index < -0.39 is 0 Å². The van der Waals surface area contributed by atoms with Crippen molar-refractivity contribution in [3.8, 4) is 27.6 Å². The van der Waals surface area contributed by atoms with E-state index in [1.807, 2.05) is 18.2 Å². The van der Waals surface area contributed by atoms with Crippen molar-refractivity contribution in [1.82, 2.24) is 14.5 Å². The SMILES string of the molecule is COc1cc(-n2cnc3cc(-c4ccc(F)cc4)sc3c2=O)ccc1OCCN1CCOCC1. The standard InChI is InChI=1S/C25H24FN3O4S/c1-31-22-14-19(6-7-21(22)33-13-10-28-8-11-32-12-9-28)29-16-27-20-15-23(34-24(20)25(29)30)17-2-4-18(26)5-3-17/h2-7,14-16H,8-13H2,1H3. The predicted octanol–water partition coefficient (Wildman–Crippen LogP) is 3.97. The van der Waals surface area contributed by atoms with Crippen molar-refractivity contribution in [2.45, 2.75) is 0 Å². The van der Waals surface area contributed by atoms with Crippen LogP contribution in [-0.4, -0.2) is 61.0 Å². The predicted molar refractivity (Wildman–Crippen MR) is 130 cm³/mol. The molecule has 0 bridgehead atoms. The minimum absolute atomic E-state index is 0.175. The van der Waals surface area contributed by atoms with Crippen LogP contribution in [0.2, 0.25) is 0 Å². The first-order valence-electron chi connectivity index (χ1n) is 11.0. The molecule has 34 heavy (non-hydrogen) atoms. The van der Waals surface area contributed by atoms with Gasteiger partial charge < -0.3 is 14.2 Å². The first-order chi connectivity index (χ1) is 16.6. The van der Waals surface area contributed by atoms with E-state index in [4.69, 9.17) is 14.2 Å². The number of ether oxygens (including phenoxy) is 3. The summed E-state index contributed by atoms with van der Waals surface area (Å²) in [6.07, 6.45) is 1.51. The molecule has 0 radical (unpaired) electrons. The van der Waals surface area contributed by atoms with E-state index in [0.29, 0.717) is 34.0 Å². The van der Waals surface area contributed by atoms with Crippen LogP contribution in [0.1, 0.15) is 0 Å². The Hall–Kier alpha value is -3.27. The van der Waals surface area contributed by atoms with Gasteiger partial charge in [0, 0.05) is 30.6 Å². The number of hydrogen-bond donors (Lipinski definition) is 0. The smallest absolute Gasteiger partial charge is 0.275 e. The summed E-state index contributed by atoms with van der Waals surface area (Å²) in [4.78, 5) is 20.9. The molecule has 0 amide bonds. The van der Waals surface area contributed by atoms with Gasteiger partial charge in [-0.3, -0.25) is 14.3 Å². The van der Waals surface area contributed by atoms with Crippen molar-refractivity contribution in [2.75, 3.05) is 46.6 Å². The van der Waals surface area contributed by atoms with Gasteiger partial charge in [0.2, 0.25) is 0 Å². The first-order valence-corrected chi connectivity index (χ1v) is 11.8. The molecular formula is C25H24FN3O4S. The molecule has 0 atom stereocenters. The maximum absolute atomic E-state index is 13.3. The normalized spacial score (nSPS) is 14.4. The van der Waals surface area contributed by atoms with Gasteiger partial charge in [0.1, 0.15) is 23.5 Å². The average molecular weight is 482 g/mol. The fraction of sp³-hybridized carbons (Fsp3) is 0.280. The molecule has 1 saturated heterocycles. The number of thiophene rings is 1. The van der Waals surface area contributed by atoms with Crippen LogP contribution in [0.4, 0.5) is 4.39 Å². The molecule has 0 saturated carbocycles. The monoisotopic (exact) mass is 481 g/mol. The molecule has 2 aromatic carbocycles. The molecule has 9 heteroatoms. The molecule has 1 aliphatic rings. The third-order valence-electron chi connectivity index (χ3n) is 5.76. The highest BCUT2D eigenvalue weighted by atomic mass is 32.1. The van der Waals surface area contributed by atoms with Crippen molar-refractivity contribution in [2.24, 2.45) is 0 Å². The highest BCUT2D eigenvalue weighted by Crippen LogP contribution is 2.32. The van der Waals surface area contributed by atoms with Crippen LogP contribution in [-0.2, 0) is 4.74 Å². The van der Waals surface area contributed by atoms with Crippen molar-refractivity contribution >= 4 is 21.6 Å². The van der Waals surface area contributed by atoms with Crippen LogP contribution < -0.4 is 15.0 Å². The topological polar surface area (TPSA) is 65.8 Å². The van der Waals surface area contributed by atoms with E-state index in [-0.39, 0.29) is 11.4 Å². The molecule has 0 N–H and O–H groups in total. The average Bonchev–Trinajstić information content (AvgIpc) is 3.31. The lowest BCUT2D eigenvalue weighted by molar-refractivity contribution is 0.0321. The van der Waals surface area contributed by atoms with Crippen molar-refractivity contribution < 1.29 is 18.6 Å². The number of rotatable bonds is 7. The summed E-state index contributed by atoms with van der Waals surface area (Å²) in [5, 5.41) is 0. The zero-order valence-electron chi connectivity index (χ0n) is 18.7. The van der Waals surface area contributed by atoms with E-state index >= 15 is 0 Å². The maximum Gasteiger partial charge on any atom is 0.275 e. The van der Waals surface area contributed by atoms with Crippen molar-refractivity contribution in [3.05, 3.63) is 71.0 Å². The molecule has 0 unspecified atom stereocenters. The lowest BCUT2D eigenvalue weighted by Crippen LogP contribution is -2.38. The second kappa shape index (κ2) is 9.92. The van der Waals surface area contributed by atoms with Gasteiger partial charge in [-0.2, -0.15) is 0 Å². The summed E-state index contributed by atoms with van der Waals surface area (Å²) in [7, 11) is 1.58. The van der Waals surface area contributed by atoms with E-state index in [1.165, 1.54) is 34.4 Å². The summed E-state index contributed by atoms with van der Waals surface area (Å²) in [5.74, 6) is 0.869. The molecule has 5 rings (SSSR count). The van der Waals surface area contributed by atoms with E-state index in [1.54, 1.807) is 25.3 Å².